The number of hydrogen-bond acceptors (Lipinski definition) is 2. The van der Waals surface area contributed by atoms with E-state index in [0.29, 0.717) is 0 Å². The van der Waals surface area contributed by atoms with Crippen LogP contribution in [-0.4, -0.2) is 26.1 Å². The summed E-state index contributed by atoms with van der Waals surface area (Å²) in [6, 6.07) is 18.2. The molecule has 0 spiro atoms. The highest BCUT2D eigenvalue weighted by Gasteiger charge is 2.40. The molecule has 1 fully saturated rings. The van der Waals surface area contributed by atoms with Crippen LogP contribution in [0.4, 0.5) is 0 Å². The van der Waals surface area contributed by atoms with E-state index in [9.17, 15) is 0 Å². The third-order valence-corrected chi connectivity index (χ3v) is 5.42. The molecule has 27 heavy (non-hydrogen) atoms. The van der Waals surface area contributed by atoms with Crippen LogP contribution in [0.25, 0.3) is 5.69 Å². The van der Waals surface area contributed by atoms with Crippen molar-refractivity contribution >= 4 is 28.9 Å². The Bertz CT molecular complexity index is 940. The van der Waals surface area contributed by atoms with Gasteiger partial charge in [0.05, 0.1) is 17.8 Å². The summed E-state index contributed by atoms with van der Waals surface area (Å²) in [5.74, 6) is 0. The van der Waals surface area contributed by atoms with Gasteiger partial charge in [0.2, 0.25) is 0 Å². The second-order valence-corrected chi connectivity index (χ2v) is 7.43. The second-order valence-electron chi connectivity index (χ2n) is 6.60. The number of pyridine rings is 1. The minimum atomic E-state index is -0.00177. The van der Waals surface area contributed by atoms with Crippen LogP contribution in [0.2, 0.25) is 5.02 Å². The second kappa shape index (κ2) is 7.71. The minimum Gasteiger partial charge on any atom is -0.352 e. The van der Waals surface area contributed by atoms with Crippen LogP contribution >= 0.6 is 23.8 Å². The van der Waals surface area contributed by atoms with Gasteiger partial charge >= 0.3 is 0 Å². The van der Waals surface area contributed by atoms with Crippen molar-refractivity contribution in [1.82, 2.24) is 19.8 Å². The van der Waals surface area contributed by atoms with Gasteiger partial charge in [0.1, 0.15) is 0 Å². The van der Waals surface area contributed by atoms with Crippen LogP contribution < -0.4 is 5.32 Å². The first-order valence-electron chi connectivity index (χ1n) is 9.10. The molecule has 4 rings (SSSR count). The van der Waals surface area contributed by atoms with E-state index in [4.69, 9.17) is 23.8 Å². The van der Waals surface area contributed by atoms with Gasteiger partial charge < -0.3 is 14.8 Å². The largest absolute Gasteiger partial charge is 0.352 e. The number of thiocarbonyl (C=S) groups is 1. The predicted molar refractivity (Wildman–Crippen MR) is 113 cm³/mol. The molecule has 138 valence electrons. The van der Waals surface area contributed by atoms with E-state index in [-0.39, 0.29) is 12.1 Å². The average molecular weight is 397 g/mol. The van der Waals surface area contributed by atoms with Gasteiger partial charge in [0.25, 0.3) is 0 Å². The molecule has 3 aromatic rings. The molecule has 3 heterocycles. The van der Waals surface area contributed by atoms with Gasteiger partial charge in [0.15, 0.2) is 5.11 Å². The Morgan fingerprint density at radius 1 is 1.15 bits per heavy atom. The number of rotatable bonds is 5. The lowest BCUT2D eigenvalue weighted by Gasteiger charge is -2.28. The van der Waals surface area contributed by atoms with Crippen LogP contribution in [0, 0.1) is 0 Å². The maximum absolute atomic E-state index is 6.23. The molecule has 1 aliphatic heterocycles. The van der Waals surface area contributed by atoms with Gasteiger partial charge in [-0.15, -0.1) is 0 Å². The maximum Gasteiger partial charge on any atom is 0.170 e. The molecule has 1 N–H and O–H groups in total. The van der Waals surface area contributed by atoms with Crippen molar-refractivity contribution in [3.8, 4) is 5.69 Å². The highest BCUT2D eigenvalue weighted by molar-refractivity contribution is 7.80. The molecule has 1 saturated heterocycles. The average Bonchev–Trinajstić information content (AvgIpc) is 3.28. The third kappa shape index (κ3) is 3.45. The molecular weight excluding hydrogens is 376 g/mol. The molecule has 6 heteroatoms. The lowest BCUT2D eigenvalue weighted by atomic mass is 10.0. The Hall–Kier alpha value is -2.37. The highest BCUT2D eigenvalue weighted by atomic mass is 35.5. The molecule has 4 nitrogen and oxygen atoms in total. The third-order valence-electron chi connectivity index (χ3n) is 4.83. The molecule has 2 aromatic heterocycles. The number of nitrogens with one attached hydrogen (secondary N) is 1. The molecule has 0 saturated carbocycles. The summed E-state index contributed by atoms with van der Waals surface area (Å²) in [4.78, 5) is 6.86. The zero-order chi connectivity index (χ0) is 18.8. The summed E-state index contributed by atoms with van der Waals surface area (Å²) >= 11 is 11.9. The number of nitrogens with zero attached hydrogens (tertiary/aromatic N) is 3. The van der Waals surface area contributed by atoms with E-state index in [2.05, 4.69) is 57.2 Å². The summed E-state index contributed by atoms with van der Waals surface area (Å²) in [6.45, 7) is 3.06. The Morgan fingerprint density at radius 2 is 2.04 bits per heavy atom. The van der Waals surface area contributed by atoms with Gasteiger partial charge in [-0.1, -0.05) is 30.7 Å². The van der Waals surface area contributed by atoms with Gasteiger partial charge in [-0.3, -0.25) is 4.98 Å². The SMILES string of the molecule is CCCN1C(=S)N[C@@H](c2ccccn2)[C@@H]1c1cccn1-c1cccc(Cl)c1. The fraction of sp³-hybridized carbons (Fsp3) is 0.238. The van der Waals surface area contributed by atoms with Gasteiger partial charge in [-0.2, -0.15) is 0 Å². The number of aromatic nitrogens is 2. The summed E-state index contributed by atoms with van der Waals surface area (Å²) in [5.41, 5.74) is 3.19. The summed E-state index contributed by atoms with van der Waals surface area (Å²) < 4.78 is 2.19. The van der Waals surface area contributed by atoms with E-state index >= 15 is 0 Å². The molecule has 0 aliphatic carbocycles. The van der Waals surface area contributed by atoms with Gasteiger partial charge in [-0.05, 0) is 61.1 Å². The Kier molecular flexibility index (Phi) is 5.14. The van der Waals surface area contributed by atoms with E-state index < -0.39 is 0 Å². The van der Waals surface area contributed by atoms with Gasteiger partial charge in [0, 0.05) is 35.3 Å². The minimum absolute atomic E-state index is 0.00177. The molecule has 1 aliphatic rings. The summed E-state index contributed by atoms with van der Waals surface area (Å²) in [6.07, 6.45) is 4.92. The van der Waals surface area contributed by atoms with Crippen molar-refractivity contribution in [3.05, 3.63) is 83.4 Å². The van der Waals surface area contributed by atoms with Crippen molar-refractivity contribution in [1.29, 1.82) is 0 Å². The highest BCUT2D eigenvalue weighted by Crippen LogP contribution is 2.39. The molecule has 2 atom stereocenters. The first kappa shape index (κ1) is 18.0. The molecule has 0 radical (unpaired) electrons. The smallest absolute Gasteiger partial charge is 0.170 e. The fourth-order valence-corrected chi connectivity index (χ4v) is 4.22. The van der Waals surface area contributed by atoms with E-state index in [1.807, 2.05) is 36.5 Å². The van der Waals surface area contributed by atoms with Crippen molar-refractivity contribution in [2.75, 3.05) is 6.54 Å². The number of hydrogen-bond donors (Lipinski definition) is 1. The predicted octanol–water partition coefficient (Wildman–Crippen LogP) is 4.91. The monoisotopic (exact) mass is 396 g/mol. The summed E-state index contributed by atoms with van der Waals surface area (Å²) in [7, 11) is 0. The zero-order valence-electron chi connectivity index (χ0n) is 15.0. The van der Waals surface area contributed by atoms with Crippen LogP contribution in [0.5, 0.6) is 0 Å². The zero-order valence-corrected chi connectivity index (χ0v) is 16.6. The van der Waals surface area contributed by atoms with E-state index in [0.717, 1.165) is 40.2 Å². The van der Waals surface area contributed by atoms with Crippen LogP contribution in [0.15, 0.2) is 67.0 Å². The van der Waals surface area contributed by atoms with E-state index in [1.165, 1.54) is 0 Å². The Labute approximate surface area is 169 Å². The van der Waals surface area contributed by atoms with E-state index in [1.54, 1.807) is 0 Å². The number of halogens is 1. The van der Waals surface area contributed by atoms with Crippen molar-refractivity contribution in [3.63, 3.8) is 0 Å². The first-order valence-corrected chi connectivity index (χ1v) is 9.89. The van der Waals surface area contributed by atoms with Crippen LogP contribution in [-0.2, 0) is 0 Å². The Balaban J connectivity index is 1.81. The lowest BCUT2D eigenvalue weighted by molar-refractivity contribution is 0.309. The van der Waals surface area contributed by atoms with Crippen molar-refractivity contribution in [2.45, 2.75) is 25.4 Å². The van der Waals surface area contributed by atoms with Gasteiger partial charge in [-0.25, -0.2) is 0 Å². The quantitative estimate of drug-likeness (QED) is 0.621. The Morgan fingerprint density at radius 3 is 2.78 bits per heavy atom. The van der Waals surface area contributed by atoms with Crippen molar-refractivity contribution < 1.29 is 0 Å². The standard InChI is InChI=1S/C21H21ClN4S/c1-2-12-26-20(19(24-21(26)27)17-9-3-4-11-23-17)18-10-6-13-25(18)16-8-5-7-15(22)14-16/h3-11,13-14,19-20H,2,12H2,1H3,(H,24,27)/t19-,20-/m0/s1. The summed E-state index contributed by atoms with van der Waals surface area (Å²) in [5, 5.41) is 4.98. The topological polar surface area (TPSA) is 33.1 Å². The molecular formula is C21H21ClN4S. The molecule has 0 bridgehead atoms. The lowest BCUT2D eigenvalue weighted by Crippen LogP contribution is -2.31. The number of benzene rings is 1. The normalized spacial score (nSPS) is 19.3. The van der Waals surface area contributed by atoms with Crippen molar-refractivity contribution in [2.24, 2.45) is 0 Å². The molecule has 0 amide bonds. The molecule has 0 unspecified atom stereocenters. The van der Waals surface area contributed by atoms with Crippen LogP contribution in [0.1, 0.15) is 36.8 Å². The molecule has 1 aromatic carbocycles. The maximum atomic E-state index is 6.23. The first-order chi connectivity index (χ1) is 13.2. The van der Waals surface area contributed by atoms with Crippen LogP contribution in [0.3, 0.4) is 0 Å². The fourth-order valence-electron chi connectivity index (χ4n) is 3.70.